The molecule has 0 bridgehead atoms. The lowest BCUT2D eigenvalue weighted by atomic mass is 10.1. The summed E-state index contributed by atoms with van der Waals surface area (Å²) < 4.78 is 10.3. The van der Waals surface area contributed by atoms with Crippen LogP contribution < -0.4 is 4.74 Å². The Hall–Kier alpha value is -1.82. The Morgan fingerprint density at radius 3 is 2.65 bits per heavy atom. The average molecular weight is 302 g/mol. The van der Waals surface area contributed by atoms with E-state index in [1.165, 1.54) is 6.07 Å². The molecule has 0 saturated carbocycles. The molecule has 0 aliphatic rings. The third-order valence-electron chi connectivity index (χ3n) is 2.50. The highest BCUT2D eigenvalue weighted by Gasteiger charge is 2.22. The van der Waals surface area contributed by atoms with Crippen LogP contribution >= 0.6 is 11.6 Å². The Bertz CT molecular complexity index is 504. The summed E-state index contributed by atoms with van der Waals surface area (Å²) in [7, 11) is 0. The van der Waals surface area contributed by atoms with Crippen molar-refractivity contribution >= 4 is 23.3 Å². The molecule has 0 unspecified atom stereocenters. The molecule has 0 spiro atoms. The van der Waals surface area contributed by atoms with Crippen LogP contribution in [0.15, 0.2) is 12.1 Å². The first-order valence-electron chi connectivity index (χ1n) is 6.29. The van der Waals surface area contributed by atoms with Gasteiger partial charge in [-0.1, -0.05) is 24.9 Å². The molecule has 0 fully saturated rings. The molecule has 0 radical (unpaired) electrons. The molecule has 110 valence electrons. The zero-order chi connectivity index (χ0) is 15.1. The summed E-state index contributed by atoms with van der Waals surface area (Å²) in [6.45, 7) is 4.22. The van der Waals surface area contributed by atoms with Crippen LogP contribution in [0.25, 0.3) is 0 Å². The maximum absolute atomic E-state index is 11.8. The molecule has 1 aromatic carbocycles. The summed E-state index contributed by atoms with van der Waals surface area (Å²) in [5, 5.41) is 10.8. The second-order valence-electron chi connectivity index (χ2n) is 3.98. The summed E-state index contributed by atoms with van der Waals surface area (Å²) in [5.74, 6) is -0.466. The molecular weight excluding hydrogens is 286 g/mol. The molecule has 1 aromatic rings. The fourth-order valence-electron chi connectivity index (χ4n) is 1.50. The number of unbranched alkanes of at least 4 members (excludes halogenated alkanes) is 1. The molecule has 0 aromatic heterocycles. The van der Waals surface area contributed by atoms with Crippen molar-refractivity contribution in [1.82, 2.24) is 0 Å². The predicted octanol–water partition coefficient (Wildman–Crippen LogP) is 3.60. The van der Waals surface area contributed by atoms with Gasteiger partial charge in [0.25, 0.3) is 5.69 Å². The highest BCUT2D eigenvalue weighted by atomic mass is 35.5. The number of hydrogen-bond acceptors (Lipinski definition) is 5. The van der Waals surface area contributed by atoms with Crippen LogP contribution in [-0.2, 0) is 4.74 Å². The molecule has 1 rings (SSSR count). The number of halogens is 1. The summed E-state index contributed by atoms with van der Waals surface area (Å²) in [4.78, 5) is 22.0. The minimum Gasteiger partial charge on any atom is -0.493 e. The highest BCUT2D eigenvalue weighted by Crippen LogP contribution is 2.33. The normalized spacial score (nSPS) is 10.2. The lowest BCUT2D eigenvalue weighted by Crippen LogP contribution is -2.09. The Morgan fingerprint density at radius 1 is 1.40 bits per heavy atom. The number of nitrogens with zero attached hydrogens (tertiary/aromatic N) is 1. The molecule has 0 atom stereocenters. The van der Waals surface area contributed by atoms with Gasteiger partial charge in [0, 0.05) is 12.1 Å². The Labute approximate surface area is 121 Å². The maximum Gasteiger partial charge on any atom is 0.342 e. The molecule has 0 amide bonds. The number of hydrogen-bond donors (Lipinski definition) is 0. The fraction of sp³-hybridized carbons (Fsp3) is 0.462. The minimum absolute atomic E-state index is 0.0130. The van der Waals surface area contributed by atoms with Crippen LogP contribution in [0.3, 0.4) is 0 Å². The molecular formula is C13H16ClNO5. The first-order valence-corrected chi connectivity index (χ1v) is 6.66. The van der Waals surface area contributed by atoms with Gasteiger partial charge in [-0.05, 0) is 13.3 Å². The van der Waals surface area contributed by atoms with Gasteiger partial charge in [-0.15, -0.1) is 0 Å². The van der Waals surface area contributed by atoms with E-state index in [1.807, 2.05) is 6.92 Å². The number of carbonyl (C=O) groups is 1. The van der Waals surface area contributed by atoms with E-state index in [2.05, 4.69) is 0 Å². The largest absolute Gasteiger partial charge is 0.493 e. The monoisotopic (exact) mass is 301 g/mol. The van der Waals surface area contributed by atoms with Crippen molar-refractivity contribution in [3.63, 3.8) is 0 Å². The molecule has 0 N–H and O–H groups in total. The van der Waals surface area contributed by atoms with Gasteiger partial charge >= 0.3 is 5.97 Å². The maximum atomic E-state index is 11.8. The van der Waals surface area contributed by atoms with Crippen LogP contribution in [0.1, 0.15) is 37.0 Å². The number of carbonyl (C=O) groups excluding carboxylic acids is 1. The minimum atomic E-state index is -0.668. The van der Waals surface area contributed by atoms with E-state index in [1.54, 1.807) is 6.92 Å². The SMILES string of the molecule is CCCCOc1cc(Cl)c([N+](=O)[O-])cc1C(=O)OCC. The molecule has 20 heavy (non-hydrogen) atoms. The van der Waals surface area contributed by atoms with Crippen LogP contribution in [-0.4, -0.2) is 24.1 Å². The van der Waals surface area contributed by atoms with Crippen molar-refractivity contribution in [2.24, 2.45) is 0 Å². The van der Waals surface area contributed by atoms with Crippen molar-refractivity contribution in [1.29, 1.82) is 0 Å². The van der Waals surface area contributed by atoms with E-state index in [-0.39, 0.29) is 28.6 Å². The lowest BCUT2D eigenvalue weighted by Gasteiger charge is -2.11. The number of nitro groups is 1. The zero-order valence-corrected chi connectivity index (χ0v) is 12.1. The van der Waals surface area contributed by atoms with Gasteiger partial charge in [-0.25, -0.2) is 4.79 Å². The lowest BCUT2D eigenvalue weighted by molar-refractivity contribution is -0.384. The van der Waals surface area contributed by atoms with Crippen molar-refractivity contribution in [3.05, 3.63) is 32.8 Å². The van der Waals surface area contributed by atoms with Crippen LogP contribution in [0, 0.1) is 10.1 Å². The standard InChI is InChI=1S/C13H16ClNO5/c1-3-5-6-20-12-8-10(14)11(15(17)18)7-9(12)13(16)19-4-2/h7-8H,3-6H2,1-2H3. The number of rotatable bonds is 7. The van der Waals surface area contributed by atoms with Gasteiger partial charge in [0.2, 0.25) is 0 Å². The average Bonchev–Trinajstić information content (AvgIpc) is 2.39. The van der Waals surface area contributed by atoms with Gasteiger partial charge < -0.3 is 9.47 Å². The van der Waals surface area contributed by atoms with Gasteiger partial charge in [-0.3, -0.25) is 10.1 Å². The van der Waals surface area contributed by atoms with Gasteiger partial charge in [0.1, 0.15) is 16.3 Å². The molecule has 0 aliphatic heterocycles. The first kappa shape index (κ1) is 16.2. The van der Waals surface area contributed by atoms with Crippen molar-refractivity contribution in [3.8, 4) is 5.75 Å². The Kier molecular flexibility index (Phi) is 6.24. The summed E-state index contributed by atoms with van der Waals surface area (Å²) >= 11 is 5.82. The van der Waals surface area contributed by atoms with E-state index in [9.17, 15) is 14.9 Å². The molecule has 6 nitrogen and oxygen atoms in total. The smallest absolute Gasteiger partial charge is 0.342 e. The van der Waals surface area contributed by atoms with Crippen molar-refractivity contribution in [2.45, 2.75) is 26.7 Å². The fourth-order valence-corrected chi connectivity index (χ4v) is 1.72. The Morgan fingerprint density at radius 2 is 2.10 bits per heavy atom. The summed E-state index contributed by atoms with van der Waals surface area (Å²) in [5.41, 5.74) is -0.336. The highest BCUT2D eigenvalue weighted by molar-refractivity contribution is 6.33. The van der Waals surface area contributed by atoms with Gasteiger partial charge in [-0.2, -0.15) is 0 Å². The third-order valence-corrected chi connectivity index (χ3v) is 2.80. The third kappa shape index (κ3) is 4.09. The molecule has 0 saturated heterocycles. The number of esters is 1. The van der Waals surface area contributed by atoms with Gasteiger partial charge in [0.15, 0.2) is 0 Å². The summed E-state index contributed by atoms with van der Waals surface area (Å²) in [6, 6.07) is 2.36. The predicted molar refractivity (Wildman–Crippen MR) is 74.5 cm³/mol. The first-order chi connectivity index (χ1) is 9.51. The molecule has 0 aliphatic carbocycles. The van der Waals surface area contributed by atoms with Crippen molar-refractivity contribution < 1.29 is 19.2 Å². The number of nitro benzene ring substituents is 1. The van der Waals surface area contributed by atoms with Gasteiger partial charge in [0.05, 0.1) is 18.1 Å². The van der Waals surface area contributed by atoms with E-state index in [0.29, 0.717) is 6.61 Å². The molecule has 7 heteroatoms. The summed E-state index contributed by atoms with van der Waals surface area (Å²) in [6.07, 6.45) is 1.73. The number of benzene rings is 1. The van der Waals surface area contributed by atoms with E-state index >= 15 is 0 Å². The van der Waals surface area contributed by atoms with E-state index in [0.717, 1.165) is 18.9 Å². The quantitative estimate of drug-likeness (QED) is 0.333. The van der Waals surface area contributed by atoms with Crippen LogP contribution in [0.4, 0.5) is 5.69 Å². The number of ether oxygens (including phenoxy) is 2. The zero-order valence-electron chi connectivity index (χ0n) is 11.3. The Balaban J connectivity index is 3.15. The van der Waals surface area contributed by atoms with Crippen LogP contribution in [0.5, 0.6) is 5.75 Å². The van der Waals surface area contributed by atoms with Crippen LogP contribution in [0.2, 0.25) is 5.02 Å². The van der Waals surface area contributed by atoms with E-state index in [4.69, 9.17) is 21.1 Å². The van der Waals surface area contributed by atoms with Crippen molar-refractivity contribution in [2.75, 3.05) is 13.2 Å². The molecule has 0 heterocycles. The van der Waals surface area contributed by atoms with E-state index < -0.39 is 10.9 Å². The second kappa shape index (κ2) is 7.69. The topological polar surface area (TPSA) is 78.7 Å². The second-order valence-corrected chi connectivity index (χ2v) is 4.39.